The van der Waals surface area contributed by atoms with Gasteiger partial charge in [-0.05, 0) is 30.5 Å². The number of nitrogens with zero attached hydrogens (tertiary/aromatic N) is 1. The van der Waals surface area contributed by atoms with Crippen molar-refractivity contribution >= 4 is 0 Å². The number of aromatic nitrogens is 1. The van der Waals surface area contributed by atoms with E-state index in [1.165, 1.54) is 5.56 Å². The summed E-state index contributed by atoms with van der Waals surface area (Å²) in [5, 5.41) is 0. The van der Waals surface area contributed by atoms with Gasteiger partial charge in [0.1, 0.15) is 0 Å². The van der Waals surface area contributed by atoms with E-state index in [4.69, 9.17) is 10.5 Å². The minimum Gasteiger partial charge on any atom is -0.373 e. The number of hydrogen-bond donors (Lipinski definition) is 1. The fourth-order valence-corrected chi connectivity index (χ4v) is 1.63. The highest BCUT2D eigenvalue weighted by Crippen LogP contribution is 2.26. The second-order valence-electron chi connectivity index (χ2n) is 3.42. The fourth-order valence-electron chi connectivity index (χ4n) is 1.63. The Morgan fingerprint density at radius 3 is 2.85 bits per heavy atom. The predicted octanol–water partition coefficient (Wildman–Crippen LogP) is 1.26. The molecule has 0 aromatic carbocycles. The van der Waals surface area contributed by atoms with E-state index < -0.39 is 0 Å². The van der Waals surface area contributed by atoms with Crippen molar-refractivity contribution in [1.82, 2.24) is 4.98 Å². The van der Waals surface area contributed by atoms with Gasteiger partial charge in [-0.25, -0.2) is 0 Å². The summed E-state index contributed by atoms with van der Waals surface area (Å²) in [6.07, 6.45) is 5.65. The molecular formula is C10H14N2O. The van der Waals surface area contributed by atoms with E-state index in [0.717, 1.165) is 19.4 Å². The molecule has 0 saturated carbocycles. The molecule has 3 heteroatoms. The highest BCUT2D eigenvalue weighted by atomic mass is 16.5. The first-order valence-corrected chi connectivity index (χ1v) is 4.63. The van der Waals surface area contributed by atoms with E-state index in [2.05, 4.69) is 4.98 Å². The summed E-state index contributed by atoms with van der Waals surface area (Å²) in [7, 11) is 0. The van der Waals surface area contributed by atoms with E-state index >= 15 is 0 Å². The molecule has 13 heavy (non-hydrogen) atoms. The second kappa shape index (κ2) is 3.85. The lowest BCUT2D eigenvalue weighted by Crippen LogP contribution is -2.30. The average molecular weight is 178 g/mol. The van der Waals surface area contributed by atoms with E-state index in [-0.39, 0.29) is 12.1 Å². The SMILES string of the molecule is N[C@H]1CCO[C@@H](c2ccncc2)C1. The third-order valence-corrected chi connectivity index (χ3v) is 2.40. The van der Waals surface area contributed by atoms with Crippen LogP contribution in [0.5, 0.6) is 0 Å². The monoisotopic (exact) mass is 178 g/mol. The van der Waals surface area contributed by atoms with Gasteiger partial charge in [-0.15, -0.1) is 0 Å². The van der Waals surface area contributed by atoms with Crippen LogP contribution in [0.2, 0.25) is 0 Å². The lowest BCUT2D eigenvalue weighted by molar-refractivity contribution is 0.00663. The van der Waals surface area contributed by atoms with Gasteiger partial charge in [0.25, 0.3) is 0 Å². The Hall–Kier alpha value is -0.930. The number of hydrogen-bond acceptors (Lipinski definition) is 3. The van der Waals surface area contributed by atoms with E-state index in [9.17, 15) is 0 Å². The topological polar surface area (TPSA) is 48.1 Å². The van der Waals surface area contributed by atoms with E-state index in [0.29, 0.717) is 0 Å². The molecule has 0 spiro atoms. The summed E-state index contributed by atoms with van der Waals surface area (Å²) in [5.41, 5.74) is 7.05. The van der Waals surface area contributed by atoms with Gasteiger partial charge >= 0.3 is 0 Å². The molecule has 1 aliphatic heterocycles. The zero-order valence-electron chi connectivity index (χ0n) is 7.52. The first kappa shape index (κ1) is 8.66. The van der Waals surface area contributed by atoms with Crippen molar-refractivity contribution in [2.75, 3.05) is 6.61 Å². The Morgan fingerprint density at radius 2 is 2.15 bits per heavy atom. The summed E-state index contributed by atoms with van der Waals surface area (Å²) >= 11 is 0. The molecule has 2 atom stereocenters. The first-order valence-electron chi connectivity index (χ1n) is 4.63. The number of rotatable bonds is 1. The number of pyridine rings is 1. The number of ether oxygens (including phenoxy) is 1. The molecule has 1 aromatic rings. The van der Waals surface area contributed by atoms with Crippen molar-refractivity contribution in [3.05, 3.63) is 30.1 Å². The minimum atomic E-state index is 0.173. The quantitative estimate of drug-likeness (QED) is 0.704. The standard InChI is InChI=1S/C10H14N2O/c11-9-3-6-13-10(7-9)8-1-4-12-5-2-8/h1-2,4-5,9-10H,3,6-7,11H2/t9-,10+/m0/s1. The van der Waals surface area contributed by atoms with Crippen LogP contribution in [-0.4, -0.2) is 17.6 Å². The van der Waals surface area contributed by atoms with Crippen LogP contribution in [0.1, 0.15) is 24.5 Å². The third-order valence-electron chi connectivity index (χ3n) is 2.40. The molecule has 1 saturated heterocycles. The normalized spacial score (nSPS) is 28.7. The molecule has 1 fully saturated rings. The van der Waals surface area contributed by atoms with E-state index in [1.807, 2.05) is 12.1 Å². The summed E-state index contributed by atoms with van der Waals surface area (Å²) in [6, 6.07) is 4.26. The van der Waals surface area contributed by atoms with Crippen molar-refractivity contribution in [1.29, 1.82) is 0 Å². The molecule has 1 aliphatic rings. The predicted molar refractivity (Wildman–Crippen MR) is 50.1 cm³/mol. The van der Waals surface area contributed by atoms with Gasteiger partial charge in [0.2, 0.25) is 0 Å². The maximum absolute atomic E-state index is 5.87. The first-order chi connectivity index (χ1) is 6.36. The number of nitrogens with two attached hydrogens (primary N) is 1. The van der Waals surface area contributed by atoms with Crippen LogP contribution in [-0.2, 0) is 4.74 Å². The van der Waals surface area contributed by atoms with Crippen LogP contribution in [0.3, 0.4) is 0 Å². The van der Waals surface area contributed by atoms with Crippen LogP contribution < -0.4 is 5.73 Å². The average Bonchev–Trinajstić information content (AvgIpc) is 2.19. The van der Waals surface area contributed by atoms with Crippen LogP contribution in [0.4, 0.5) is 0 Å². The van der Waals surface area contributed by atoms with Crippen molar-refractivity contribution in [3.63, 3.8) is 0 Å². The van der Waals surface area contributed by atoms with Crippen LogP contribution in [0, 0.1) is 0 Å². The van der Waals surface area contributed by atoms with Gasteiger partial charge in [0, 0.05) is 25.0 Å². The van der Waals surface area contributed by atoms with Crippen LogP contribution in [0.25, 0.3) is 0 Å². The highest BCUT2D eigenvalue weighted by Gasteiger charge is 2.20. The fraction of sp³-hybridized carbons (Fsp3) is 0.500. The van der Waals surface area contributed by atoms with Crippen molar-refractivity contribution in [2.24, 2.45) is 5.73 Å². The molecular weight excluding hydrogens is 164 g/mol. The molecule has 0 radical (unpaired) electrons. The molecule has 0 bridgehead atoms. The Labute approximate surface area is 77.9 Å². The van der Waals surface area contributed by atoms with Gasteiger partial charge < -0.3 is 10.5 Å². The van der Waals surface area contributed by atoms with Gasteiger partial charge in [-0.2, -0.15) is 0 Å². The molecule has 0 aliphatic carbocycles. The summed E-state index contributed by atoms with van der Waals surface area (Å²) in [4.78, 5) is 3.97. The van der Waals surface area contributed by atoms with Crippen molar-refractivity contribution < 1.29 is 4.74 Å². The smallest absolute Gasteiger partial charge is 0.0840 e. The Kier molecular flexibility index (Phi) is 2.57. The Bertz CT molecular complexity index is 263. The molecule has 2 N–H and O–H groups in total. The van der Waals surface area contributed by atoms with Gasteiger partial charge in [0.05, 0.1) is 6.10 Å². The molecule has 70 valence electrons. The molecule has 2 rings (SSSR count). The Balaban J connectivity index is 2.08. The molecule has 1 aromatic heterocycles. The minimum absolute atomic E-state index is 0.173. The molecule has 2 heterocycles. The summed E-state index contributed by atoms with van der Waals surface area (Å²) < 4.78 is 5.63. The van der Waals surface area contributed by atoms with Gasteiger partial charge in [-0.3, -0.25) is 4.98 Å². The maximum Gasteiger partial charge on any atom is 0.0840 e. The largest absolute Gasteiger partial charge is 0.373 e. The van der Waals surface area contributed by atoms with Crippen molar-refractivity contribution in [3.8, 4) is 0 Å². The van der Waals surface area contributed by atoms with Crippen LogP contribution in [0.15, 0.2) is 24.5 Å². The lowest BCUT2D eigenvalue weighted by Gasteiger charge is -2.27. The van der Waals surface area contributed by atoms with E-state index in [1.54, 1.807) is 12.4 Å². The molecule has 3 nitrogen and oxygen atoms in total. The summed E-state index contributed by atoms with van der Waals surface area (Å²) in [5.74, 6) is 0. The second-order valence-corrected chi connectivity index (χ2v) is 3.42. The summed E-state index contributed by atoms with van der Waals surface area (Å²) in [6.45, 7) is 0.772. The van der Waals surface area contributed by atoms with Crippen molar-refractivity contribution in [2.45, 2.75) is 25.0 Å². The van der Waals surface area contributed by atoms with Gasteiger partial charge in [-0.1, -0.05) is 0 Å². The van der Waals surface area contributed by atoms with Gasteiger partial charge in [0.15, 0.2) is 0 Å². The third kappa shape index (κ3) is 2.05. The zero-order chi connectivity index (χ0) is 9.10. The molecule has 0 amide bonds. The highest BCUT2D eigenvalue weighted by molar-refractivity contribution is 5.14. The molecule has 0 unspecified atom stereocenters. The maximum atomic E-state index is 5.87. The van der Waals surface area contributed by atoms with Crippen LogP contribution >= 0.6 is 0 Å². The zero-order valence-corrected chi connectivity index (χ0v) is 7.52. The Morgan fingerprint density at radius 1 is 1.38 bits per heavy atom. The lowest BCUT2D eigenvalue weighted by atomic mass is 9.99.